The molecular weight excluding hydrogens is 406 g/mol. The summed E-state index contributed by atoms with van der Waals surface area (Å²) >= 11 is 0. The molecule has 1 saturated carbocycles. The fraction of sp³-hybridized carbons (Fsp3) is 0.417. The molecule has 2 aromatic rings. The summed E-state index contributed by atoms with van der Waals surface area (Å²) in [7, 11) is 1.79. The van der Waals surface area contributed by atoms with E-state index < -0.39 is 5.60 Å². The fourth-order valence-corrected chi connectivity index (χ4v) is 4.07. The summed E-state index contributed by atoms with van der Waals surface area (Å²) in [5.41, 5.74) is 8.72. The standard InChI is InChI=1S/C24H31N5O3/c1-27(26)16-21(25)19-6-2-17(3-7-19)18-4-8-20(9-5-18)22(30)28-12-14-29(15-13-28)23(31)24(32)10-11-24/h2-9,21,32H,10-16,25-26H2,1H3. The number of carbonyl (C=O) groups is 2. The summed E-state index contributed by atoms with van der Waals surface area (Å²) in [4.78, 5) is 28.6. The van der Waals surface area contributed by atoms with E-state index in [2.05, 4.69) is 0 Å². The number of aliphatic hydroxyl groups is 1. The number of rotatable bonds is 6. The molecule has 2 fully saturated rings. The van der Waals surface area contributed by atoms with Gasteiger partial charge in [-0.2, -0.15) is 0 Å². The second-order valence-electron chi connectivity index (χ2n) is 8.86. The monoisotopic (exact) mass is 437 g/mol. The Kier molecular flexibility index (Phi) is 6.30. The molecule has 4 rings (SSSR count). The predicted molar refractivity (Wildman–Crippen MR) is 122 cm³/mol. The van der Waals surface area contributed by atoms with Crippen LogP contribution >= 0.6 is 0 Å². The van der Waals surface area contributed by atoms with Crippen molar-refractivity contribution < 1.29 is 14.7 Å². The van der Waals surface area contributed by atoms with Crippen molar-refractivity contribution in [3.05, 3.63) is 59.7 Å². The molecule has 0 spiro atoms. The molecule has 8 heteroatoms. The van der Waals surface area contributed by atoms with Gasteiger partial charge in [0.1, 0.15) is 5.60 Å². The molecule has 1 aliphatic heterocycles. The topological polar surface area (TPSA) is 116 Å². The van der Waals surface area contributed by atoms with Gasteiger partial charge in [0.15, 0.2) is 0 Å². The van der Waals surface area contributed by atoms with Gasteiger partial charge in [-0.15, -0.1) is 0 Å². The van der Waals surface area contributed by atoms with E-state index in [0.717, 1.165) is 16.7 Å². The Bertz CT molecular complexity index is 962. The van der Waals surface area contributed by atoms with Crippen LogP contribution in [0.3, 0.4) is 0 Å². The first-order valence-corrected chi connectivity index (χ1v) is 11.0. The first-order chi connectivity index (χ1) is 15.3. The minimum atomic E-state index is -1.15. The van der Waals surface area contributed by atoms with Crippen molar-refractivity contribution in [2.75, 3.05) is 39.8 Å². The summed E-state index contributed by atoms with van der Waals surface area (Å²) in [5, 5.41) is 11.6. The van der Waals surface area contributed by atoms with Gasteiger partial charge in [-0.05, 0) is 41.7 Å². The van der Waals surface area contributed by atoms with Crippen LogP contribution < -0.4 is 11.6 Å². The second-order valence-corrected chi connectivity index (χ2v) is 8.86. The van der Waals surface area contributed by atoms with Crippen LogP contribution in [0.5, 0.6) is 0 Å². The quantitative estimate of drug-likeness (QED) is 0.458. The van der Waals surface area contributed by atoms with Gasteiger partial charge >= 0.3 is 0 Å². The lowest BCUT2D eigenvalue weighted by molar-refractivity contribution is -0.143. The highest BCUT2D eigenvalue weighted by Crippen LogP contribution is 2.37. The summed E-state index contributed by atoms with van der Waals surface area (Å²) in [6, 6.07) is 15.5. The number of nitrogens with two attached hydrogens (primary N) is 2. The molecule has 2 aliphatic rings. The Balaban J connectivity index is 1.35. The lowest BCUT2D eigenvalue weighted by atomic mass is 10.00. The SMILES string of the molecule is CN(N)CC(N)c1ccc(-c2ccc(C(=O)N3CCN(C(=O)C4(O)CC4)CC3)cc2)cc1. The minimum absolute atomic E-state index is 0.0407. The van der Waals surface area contributed by atoms with Gasteiger partial charge in [0, 0.05) is 51.4 Å². The lowest BCUT2D eigenvalue weighted by Crippen LogP contribution is -2.53. The number of hydrogen-bond donors (Lipinski definition) is 3. The van der Waals surface area contributed by atoms with Gasteiger partial charge in [0.2, 0.25) is 0 Å². The fourth-order valence-electron chi connectivity index (χ4n) is 4.07. The number of likely N-dealkylation sites (N-methyl/N-ethyl adjacent to an activating group) is 1. The van der Waals surface area contributed by atoms with Crippen LogP contribution in [0.25, 0.3) is 11.1 Å². The molecule has 8 nitrogen and oxygen atoms in total. The maximum absolute atomic E-state index is 12.9. The van der Waals surface area contributed by atoms with Gasteiger partial charge in [-0.1, -0.05) is 36.4 Å². The van der Waals surface area contributed by atoms with E-state index in [4.69, 9.17) is 11.6 Å². The van der Waals surface area contributed by atoms with E-state index in [9.17, 15) is 14.7 Å². The van der Waals surface area contributed by atoms with E-state index in [1.165, 1.54) is 0 Å². The third kappa shape index (κ3) is 4.83. The molecule has 5 N–H and O–H groups in total. The van der Waals surface area contributed by atoms with Crippen molar-refractivity contribution in [1.29, 1.82) is 0 Å². The van der Waals surface area contributed by atoms with Crippen LogP contribution in [0.4, 0.5) is 0 Å². The van der Waals surface area contributed by atoms with Gasteiger partial charge in [0.25, 0.3) is 11.8 Å². The van der Waals surface area contributed by atoms with Crippen LogP contribution in [0.2, 0.25) is 0 Å². The number of hydrazine groups is 1. The Morgan fingerprint density at radius 2 is 1.47 bits per heavy atom. The number of amides is 2. The molecule has 32 heavy (non-hydrogen) atoms. The Hall–Kier alpha value is -2.78. The van der Waals surface area contributed by atoms with Gasteiger partial charge < -0.3 is 20.6 Å². The lowest BCUT2D eigenvalue weighted by Gasteiger charge is -2.35. The first kappa shape index (κ1) is 22.4. The molecule has 0 radical (unpaired) electrons. The predicted octanol–water partition coefficient (Wildman–Crippen LogP) is 0.968. The zero-order valence-corrected chi connectivity index (χ0v) is 18.4. The number of carbonyl (C=O) groups excluding carboxylic acids is 2. The number of nitrogens with zero attached hydrogens (tertiary/aromatic N) is 3. The Labute approximate surface area is 188 Å². The van der Waals surface area contributed by atoms with Crippen LogP contribution in [-0.2, 0) is 4.79 Å². The smallest absolute Gasteiger partial charge is 0.254 e. The maximum atomic E-state index is 12.9. The molecule has 170 valence electrons. The molecule has 1 atom stereocenters. The summed E-state index contributed by atoms with van der Waals surface area (Å²) in [6.45, 7) is 2.43. The van der Waals surface area contributed by atoms with Crippen molar-refractivity contribution in [3.63, 3.8) is 0 Å². The molecule has 0 aromatic heterocycles. The van der Waals surface area contributed by atoms with E-state index in [0.29, 0.717) is 51.1 Å². The first-order valence-electron chi connectivity index (χ1n) is 11.0. The zero-order valence-electron chi connectivity index (χ0n) is 18.4. The normalized spacial score (nSPS) is 18.5. The molecule has 0 bridgehead atoms. The van der Waals surface area contributed by atoms with Crippen molar-refractivity contribution in [2.45, 2.75) is 24.5 Å². The van der Waals surface area contributed by atoms with Crippen molar-refractivity contribution >= 4 is 11.8 Å². The largest absolute Gasteiger partial charge is 0.380 e. The highest BCUT2D eigenvalue weighted by atomic mass is 16.3. The van der Waals surface area contributed by atoms with Gasteiger partial charge in [-0.25, -0.2) is 5.01 Å². The average molecular weight is 438 g/mol. The third-order valence-electron chi connectivity index (χ3n) is 6.26. The Morgan fingerprint density at radius 1 is 0.969 bits per heavy atom. The van der Waals surface area contributed by atoms with E-state index in [1.54, 1.807) is 21.9 Å². The number of piperazine rings is 1. The summed E-state index contributed by atoms with van der Waals surface area (Å²) < 4.78 is 0. The Morgan fingerprint density at radius 3 is 1.97 bits per heavy atom. The molecule has 1 saturated heterocycles. The van der Waals surface area contributed by atoms with Gasteiger partial charge in [-0.3, -0.25) is 15.4 Å². The zero-order chi connectivity index (χ0) is 22.9. The highest BCUT2D eigenvalue weighted by Gasteiger charge is 2.50. The number of hydrogen-bond acceptors (Lipinski definition) is 6. The van der Waals surface area contributed by atoms with E-state index >= 15 is 0 Å². The number of benzene rings is 2. The van der Waals surface area contributed by atoms with Crippen LogP contribution in [0.1, 0.15) is 34.8 Å². The van der Waals surface area contributed by atoms with Crippen molar-refractivity contribution in [1.82, 2.24) is 14.8 Å². The van der Waals surface area contributed by atoms with Crippen LogP contribution in [0, 0.1) is 0 Å². The highest BCUT2D eigenvalue weighted by molar-refractivity contribution is 5.95. The van der Waals surface area contributed by atoms with Crippen molar-refractivity contribution in [3.8, 4) is 11.1 Å². The summed E-state index contributed by atoms with van der Waals surface area (Å²) in [5.74, 6) is 5.44. The van der Waals surface area contributed by atoms with E-state index in [1.807, 2.05) is 48.5 Å². The maximum Gasteiger partial charge on any atom is 0.254 e. The molecular formula is C24H31N5O3. The van der Waals surface area contributed by atoms with Crippen LogP contribution in [0.15, 0.2) is 48.5 Å². The second kappa shape index (κ2) is 8.99. The molecule has 1 heterocycles. The van der Waals surface area contributed by atoms with Gasteiger partial charge in [0.05, 0.1) is 0 Å². The summed E-state index contributed by atoms with van der Waals surface area (Å²) in [6.07, 6.45) is 1.08. The minimum Gasteiger partial charge on any atom is -0.380 e. The molecule has 2 amide bonds. The van der Waals surface area contributed by atoms with Crippen molar-refractivity contribution in [2.24, 2.45) is 11.6 Å². The molecule has 2 aromatic carbocycles. The third-order valence-corrected chi connectivity index (χ3v) is 6.26. The van der Waals surface area contributed by atoms with Crippen LogP contribution in [-0.4, -0.2) is 77.1 Å². The molecule has 1 unspecified atom stereocenters. The molecule has 1 aliphatic carbocycles. The average Bonchev–Trinajstić information content (AvgIpc) is 3.56. The van der Waals surface area contributed by atoms with E-state index in [-0.39, 0.29) is 17.9 Å².